The molecule has 0 amide bonds. The third-order valence-corrected chi connectivity index (χ3v) is 3.27. The summed E-state index contributed by atoms with van der Waals surface area (Å²) in [5, 5.41) is 3.39. The number of hydrogen-bond acceptors (Lipinski definition) is 2. The fraction of sp³-hybridized carbons (Fsp3) is 0.118. The van der Waals surface area contributed by atoms with Gasteiger partial charge in [-0.3, -0.25) is 0 Å². The molecule has 3 heteroatoms. The highest BCUT2D eigenvalue weighted by molar-refractivity contribution is 5.80. The van der Waals surface area contributed by atoms with Crippen molar-refractivity contribution in [1.29, 1.82) is 0 Å². The van der Waals surface area contributed by atoms with E-state index in [9.17, 15) is 0 Å². The third kappa shape index (κ3) is 2.36. The molecule has 3 aromatic rings. The standard InChI is InChI=1S/C17H15N3/c1-3-4-13-5-7-14(8-6-13)19-15-9-10-16-17(11-15)20(2)12-18-16/h1,5-12,19H,4H2,2H3. The minimum absolute atomic E-state index is 0.668. The Balaban J connectivity index is 1.85. The molecule has 0 saturated heterocycles. The molecular weight excluding hydrogens is 246 g/mol. The van der Waals surface area contributed by atoms with Gasteiger partial charge < -0.3 is 9.88 Å². The van der Waals surface area contributed by atoms with Crippen LogP contribution in [0.3, 0.4) is 0 Å². The van der Waals surface area contributed by atoms with Gasteiger partial charge in [-0.25, -0.2) is 4.98 Å². The molecule has 20 heavy (non-hydrogen) atoms. The first-order chi connectivity index (χ1) is 9.76. The molecule has 0 aliphatic carbocycles. The van der Waals surface area contributed by atoms with Crippen molar-refractivity contribution >= 4 is 22.4 Å². The van der Waals surface area contributed by atoms with Gasteiger partial charge in [0.15, 0.2) is 0 Å². The Labute approximate surface area is 118 Å². The topological polar surface area (TPSA) is 29.9 Å². The van der Waals surface area contributed by atoms with Crippen molar-refractivity contribution < 1.29 is 0 Å². The Morgan fingerprint density at radius 2 is 1.90 bits per heavy atom. The Kier molecular flexibility index (Phi) is 3.14. The highest BCUT2D eigenvalue weighted by Gasteiger charge is 2.01. The van der Waals surface area contributed by atoms with Crippen molar-refractivity contribution in [1.82, 2.24) is 9.55 Å². The van der Waals surface area contributed by atoms with Gasteiger partial charge in [-0.15, -0.1) is 12.3 Å². The minimum Gasteiger partial charge on any atom is -0.355 e. The lowest BCUT2D eigenvalue weighted by Gasteiger charge is -2.07. The average molecular weight is 261 g/mol. The largest absolute Gasteiger partial charge is 0.355 e. The molecule has 1 aromatic heterocycles. The predicted molar refractivity (Wildman–Crippen MR) is 83.0 cm³/mol. The second-order valence-corrected chi connectivity index (χ2v) is 4.76. The van der Waals surface area contributed by atoms with Crippen molar-refractivity contribution in [3.63, 3.8) is 0 Å². The lowest BCUT2D eigenvalue weighted by molar-refractivity contribution is 0.948. The summed E-state index contributed by atoms with van der Waals surface area (Å²) in [7, 11) is 1.99. The highest BCUT2D eigenvalue weighted by atomic mass is 15.0. The Morgan fingerprint density at radius 1 is 1.15 bits per heavy atom. The molecule has 0 spiro atoms. The molecule has 0 fully saturated rings. The van der Waals surface area contributed by atoms with Gasteiger partial charge in [0.2, 0.25) is 0 Å². The highest BCUT2D eigenvalue weighted by Crippen LogP contribution is 2.21. The van der Waals surface area contributed by atoms with Gasteiger partial charge >= 0.3 is 0 Å². The van der Waals surface area contributed by atoms with E-state index in [0.29, 0.717) is 6.42 Å². The molecule has 0 radical (unpaired) electrons. The van der Waals surface area contributed by atoms with Crippen LogP contribution >= 0.6 is 0 Å². The summed E-state index contributed by atoms with van der Waals surface area (Å²) in [6.45, 7) is 0. The van der Waals surface area contributed by atoms with Crippen LogP contribution < -0.4 is 5.32 Å². The molecule has 0 bridgehead atoms. The molecule has 1 heterocycles. The monoisotopic (exact) mass is 261 g/mol. The molecule has 2 aromatic carbocycles. The number of benzene rings is 2. The summed E-state index contributed by atoms with van der Waals surface area (Å²) in [5.74, 6) is 2.65. The van der Waals surface area contributed by atoms with Crippen LogP contribution in [-0.4, -0.2) is 9.55 Å². The second kappa shape index (κ2) is 5.10. The summed E-state index contributed by atoms with van der Waals surface area (Å²) in [5.41, 5.74) is 5.36. The Hall–Kier alpha value is -2.73. The Morgan fingerprint density at radius 3 is 2.65 bits per heavy atom. The van der Waals surface area contributed by atoms with E-state index in [1.807, 2.05) is 54.3 Å². The van der Waals surface area contributed by atoms with Crippen molar-refractivity contribution in [2.24, 2.45) is 7.05 Å². The quantitative estimate of drug-likeness (QED) is 0.731. The molecule has 3 rings (SSSR count). The predicted octanol–water partition coefficient (Wildman–Crippen LogP) is 3.49. The van der Waals surface area contributed by atoms with E-state index in [0.717, 1.165) is 28.0 Å². The van der Waals surface area contributed by atoms with Crippen LogP contribution in [0.2, 0.25) is 0 Å². The smallest absolute Gasteiger partial charge is 0.0955 e. The Bertz CT molecular complexity index is 776. The number of aryl methyl sites for hydroxylation is 1. The van der Waals surface area contributed by atoms with Crippen molar-refractivity contribution in [3.05, 3.63) is 54.4 Å². The van der Waals surface area contributed by atoms with Crippen LogP contribution in [0.4, 0.5) is 11.4 Å². The number of nitrogens with zero attached hydrogens (tertiary/aromatic N) is 2. The van der Waals surface area contributed by atoms with E-state index < -0.39 is 0 Å². The number of nitrogens with one attached hydrogen (secondary N) is 1. The molecule has 0 aliphatic heterocycles. The lowest BCUT2D eigenvalue weighted by atomic mass is 10.1. The summed E-state index contributed by atoms with van der Waals surface area (Å²) in [6, 6.07) is 14.3. The van der Waals surface area contributed by atoms with E-state index in [4.69, 9.17) is 6.42 Å². The third-order valence-electron chi connectivity index (χ3n) is 3.27. The fourth-order valence-electron chi connectivity index (χ4n) is 2.19. The van der Waals surface area contributed by atoms with Crippen molar-refractivity contribution in [3.8, 4) is 12.3 Å². The summed E-state index contributed by atoms with van der Waals surface area (Å²) < 4.78 is 2.01. The first kappa shape index (κ1) is 12.3. The normalized spacial score (nSPS) is 10.4. The molecule has 1 N–H and O–H groups in total. The van der Waals surface area contributed by atoms with E-state index in [1.165, 1.54) is 0 Å². The van der Waals surface area contributed by atoms with E-state index in [2.05, 4.69) is 22.3 Å². The van der Waals surface area contributed by atoms with Gasteiger partial charge in [0, 0.05) is 24.8 Å². The summed E-state index contributed by atoms with van der Waals surface area (Å²) in [6.07, 6.45) is 7.80. The zero-order valence-electron chi connectivity index (χ0n) is 11.3. The van der Waals surface area contributed by atoms with Gasteiger partial charge in [0.05, 0.1) is 17.4 Å². The van der Waals surface area contributed by atoms with Gasteiger partial charge in [-0.1, -0.05) is 12.1 Å². The number of fused-ring (bicyclic) bond motifs is 1. The number of aromatic nitrogens is 2. The maximum atomic E-state index is 5.31. The second-order valence-electron chi connectivity index (χ2n) is 4.76. The van der Waals surface area contributed by atoms with E-state index in [1.54, 1.807) is 0 Å². The maximum Gasteiger partial charge on any atom is 0.0955 e. The maximum absolute atomic E-state index is 5.31. The van der Waals surface area contributed by atoms with E-state index in [-0.39, 0.29) is 0 Å². The zero-order valence-corrected chi connectivity index (χ0v) is 11.3. The minimum atomic E-state index is 0.668. The first-order valence-electron chi connectivity index (χ1n) is 6.47. The summed E-state index contributed by atoms with van der Waals surface area (Å²) in [4.78, 5) is 4.31. The number of anilines is 2. The molecular formula is C17H15N3. The fourth-order valence-corrected chi connectivity index (χ4v) is 2.19. The van der Waals surface area contributed by atoms with Crippen LogP contribution in [-0.2, 0) is 13.5 Å². The summed E-state index contributed by atoms with van der Waals surface area (Å²) >= 11 is 0. The van der Waals surface area contributed by atoms with Crippen LogP contribution in [0.15, 0.2) is 48.8 Å². The van der Waals surface area contributed by atoms with E-state index >= 15 is 0 Å². The van der Waals surface area contributed by atoms with Gasteiger partial charge in [0.1, 0.15) is 0 Å². The van der Waals surface area contributed by atoms with Crippen LogP contribution in [0.1, 0.15) is 5.56 Å². The van der Waals surface area contributed by atoms with Gasteiger partial charge in [0.25, 0.3) is 0 Å². The molecule has 0 unspecified atom stereocenters. The number of hydrogen-bond donors (Lipinski definition) is 1. The molecule has 0 aliphatic rings. The SMILES string of the molecule is C#CCc1ccc(Nc2ccc3ncn(C)c3c2)cc1. The average Bonchev–Trinajstić information content (AvgIpc) is 2.83. The van der Waals surface area contributed by atoms with Crippen molar-refractivity contribution in [2.45, 2.75) is 6.42 Å². The molecule has 3 nitrogen and oxygen atoms in total. The number of terminal acetylenes is 1. The number of rotatable bonds is 3. The molecule has 98 valence electrons. The first-order valence-corrected chi connectivity index (χ1v) is 6.47. The lowest BCUT2D eigenvalue weighted by Crippen LogP contribution is -1.92. The molecule has 0 saturated carbocycles. The van der Waals surface area contributed by atoms with Crippen LogP contribution in [0, 0.1) is 12.3 Å². The van der Waals surface area contributed by atoms with Crippen LogP contribution in [0.5, 0.6) is 0 Å². The van der Waals surface area contributed by atoms with Crippen molar-refractivity contribution in [2.75, 3.05) is 5.32 Å². The number of imidazole rings is 1. The molecule has 0 atom stereocenters. The zero-order chi connectivity index (χ0) is 13.9. The van der Waals surface area contributed by atoms with Crippen LogP contribution in [0.25, 0.3) is 11.0 Å². The van der Waals surface area contributed by atoms with Gasteiger partial charge in [-0.05, 0) is 35.9 Å². The van der Waals surface area contributed by atoms with Gasteiger partial charge in [-0.2, -0.15) is 0 Å².